The molecule has 1 aromatic carbocycles. The SMILES string of the molecule is Cc1nc(CN(C)C(=O)C2CCCN2C(=O)Cc2ccccc2)cs1. The van der Waals surface area contributed by atoms with Gasteiger partial charge in [0.1, 0.15) is 6.04 Å². The van der Waals surface area contributed by atoms with Gasteiger partial charge < -0.3 is 9.80 Å². The first kappa shape index (κ1) is 17.6. The fraction of sp³-hybridized carbons (Fsp3) is 0.421. The average Bonchev–Trinajstić information content (AvgIpc) is 3.24. The normalized spacial score (nSPS) is 16.9. The molecular weight excluding hydrogens is 334 g/mol. The fourth-order valence-corrected chi connectivity index (χ4v) is 3.85. The summed E-state index contributed by atoms with van der Waals surface area (Å²) >= 11 is 1.58. The van der Waals surface area contributed by atoms with Gasteiger partial charge in [0, 0.05) is 19.0 Å². The van der Waals surface area contributed by atoms with Crippen LogP contribution in [0.4, 0.5) is 0 Å². The number of carbonyl (C=O) groups is 2. The van der Waals surface area contributed by atoms with Crippen molar-refractivity contribution in [2.75, 3.05) is 13.6 Å². The van der Waals surface area contributed by atoms with Crippen molar-refractivity contribution in [3.05, 3.63) is 52.0 Å². The smallest absolute Gasteiger partial charge is 0.245 e. The van der Waals surface area contributed by atoms with Crippen LogP contribution in [0.3, 0.4) is 0 Å². The Balaban J connectivity index is 1.63. The van der Waals surface area contributed by atoms with E-state index in [9.17, 15) is 9.59 Å². The van der Waals surface area contributed by atoms with Crippen LogP contribution in [-0.2, 0) is 22.6 Å². The Morgan fingerprint density at radius 1 is 1.32 bits per heavy atom. The number of nitrogens with zero attached hydrogens (tertiary/aromatic N) is 3. The van der Waals surface area contributed by atoms with Gasteiger partial charge in [-0.1, -0.05) is 30.3 Å². The van der Waals surface area contributed by atoms with E-state index in [2.05, 4.69) is 4.98 Å². The maximum atomic E-state index is 12.8. The predicted octanol–water partition coefficient (Wildman–Crippen LogP) is 2.64. The van der Waals surface area contributed by atoms with E-state index in [0.717, 1.165) is 29.1 Å². The van der Waals surface area contributed by atoms with Crippen LogP contribution in [0.2, 0.25) is 0 Å². The molecule has 5 nitrogen and oxygen atoms in total. The van der Waals surface area contributed by atoms with E-state index in [1.54, 1.807) is 28.2 Å². The van der Waals surface area contributed by atoms with Gasteiger partial charge in [-0.25, -0.2) is 4.98 Å². The molecule has 1 fully saturated rings. The molecule has 1 unspecified atom stereocenters. The van der Waals surface area contributed by atoms with Gasteiger partial charge in [-0.2, -0.15) is 0 Å². The zero-order valence-electron chi connectivity index (χ0n) is 14.6. The van der Waals surface area contributed by atoms with Crippen molar-refractivity contribution >= 4 is 23.2 Å². The first-order valence-electron chi connectivity index (χ1n) is 8.54. The number of hydrogen-bond acceptors (Lipinski definition) is 4. The lowest BCUT2D eigenvalue weighted by Gasteiger charge is -2.28. The Labute approximate surface area is 152 Å². The van der Waals surface area contributed by atoms with E-state index < -0.39 is 0 Å². The number of likely N-dealkylation sites (N-methyl/N-ethyl adjacent to an activating group) is 1. The quantitative estimate of drug-likeness (QED) is 0.827. The molecule has 1 saturated heterocycles. The molecule has 3 rings (SSSR count). The Hall–Kier alpha value is -2.21. The second kappa shape index (κ2) is 7.78. The molecule has 0 aliphatic carbocycles. The summed E-state index contributed by atoms with van der Waals surface area (Å²) in [6.45, 7) is 3.10. The summed E-state index contributed by atoms with van der Waals surface area (Å²) in [6.07, 6.45) is 1.96. The van der Waals surface area contributed by atoms with Crippen LogP contribution in [0.15, 0.2) is 35.7 Å². The van der Waals surface area contributed by atoms with Crippen LogP contribution >= 0.6 is 11.3 Å². The monoisotopic (exact) mass is 357 g/mol. The second-order valence-electron chi connectivity index (χ2n) is 6.46. The van der Waals surface area contributed by atoms with Crippen LogP contribution in [0, 0.1) is 6.92 Å². The van der Waals surface area contributed by atoms with Gasteiger partial charge in [-0.15, -0.1) is 11.3 Å². The van der Waals surface area contributed by atoms with Crippen LogP contribution in [0.25, 0.3) is 0 Å². The third-order valence-electron chi connectivity index (χ3n) is 4.50. The summed E-state index contributed by atoms with van der Waals surface area (Å²) < 4.78 is 0. The minimum Gasteiger partial charge on any atom is -0.338 e. The number of aryl methyl sites for hydroxylation is 1. The lowest BCUT2D eigenvalue weighted by atomic mass is 10.1. The Morgan fingerprint density at radius 2 is 2.08 bits per heavy atom. The van der Waals surface area contributed by atoms with Crippen LogP contribution in [0.5, 0.6) is 0 Å². The van der Waals surface area contributed by atoms with Crippen molar-refractivity contribution < 1.29 is 9.59 Å². The highest BCUT2D eigenvalue weighted by Gasteiger charge is 2.35. The van der Waals surface area contributed by atoms with E-state index >= 15 is 0 Å². The molecule has 0 spiro atoms. The molecule has 1 atom stereocenters. The average molecular weight is 357 g/mol. The summed E-state index contributed by atoms with van der Waals surface area (Å²) in [5.74, 6) is 0.0320. The van der Waals surface area contributed by atoms with Crippen molar-refractivity contribution in [1.29, 1.82) is 0 Å². The number of hydrogen-bond donors (Lipinski definition) is 0. The zero-order chi connectivity index (χ0) is 17.8. The third kappa shape index (κ3) is 4.25. The molecule has 0 radical (unpaired) electrons. The van der Waals surface area contributed by atoms with Gasteiger partial charge in [-0.3, -0.25) is 9.59 Å². The van der Waals surface area contributed by atoms with E-state index in [0.29, 0.717) is 19.5 Å². The van der Waals surface area contributed by atoms with E-state index in [1.165, 1.54) is 0 Å². The molecule has 2 aromatic rings. The Morgan fingerprint density at radius 3 is 2.76 bits per heavy atom. The molecule has 0 saturated carbocycles. The van der Waals surface area contributed by atoms with Crippen molar-refractivity contribution in [2.24, 2.45) is 0 Å². The van der Waals surface area contributed by atoms with Gasteiger partial charge in [0.2, 0.25) is 11.8 Å². The van der Waals surface area contributed by atoms with Gasteiger partial charge in [0.05, 0.1) is 23.7 Å². The highest BCUT2D eigenvalue weighted by molar-refractivity contribution is 7.09. The predicted molar refractivity (Wildman–Crippen MR) is 98.2 cm³/mol. The molecular formula is C19H23N3O2S. The van der Waals surface area contributed by atoms with Crippen LogP contribution < -0.4 is 0 Å². The summed E-state index contributed by atoms with van der Waals surface area (Å²) in [5.41, 5.74) is 1.88. The maximum absolute atomic E-state index is 12.8. The number of rotatable bonds is 5. The molecule has 2 amide bonds. The summed E-state index contributed by atoms with van der Waals surface area (Å²) in [6, 6.07) is 9.34. The second-order valence-corrected chi connectivity index (χ2v) is 7.52. The van der Waals surface area contributed by atoms with Gasteiger partial charge >= 0.3 is 0 Å². The van der Waals surface area contributed by atoms with Crippen molar-refractivity contribution in [1.82, 2.24) is 14.8 Å². The van der Waals surface area contributed by atoms with E-state index in [4.69, 9.17) is 0 Å². The van der Waals surface area contributed by atoms with Crippen LogP contribution in [-0.4, -0.2) is 46.2 Å². The number of aromatic nitrogens is 1. The van der Waals surface area contributed by atoms with Crippen LogP contribution in [0.1, 0.15) is 29.1 Å². The number of thiazole rings is 1. The van der Waals surface area contributed by atoms with Gasteiger partial charge in [0.25, 0.3) is 0 Å². The highest BCUT2D eigenvalue weighted by atomic mass is 32.1. The first-order valence-corrected chi connectivity index (χ1v) is 9.42. The summed E-state index contributed by atoms with van der Waals surface area (Å²) in [4.78, 5) is 33.3. The van der Waals surface area contributed by atoms with Crippen molar-refractivity contribution in [2.45, 2.75) is 38.8 Å². The number of benzene rings is 1. The molecule has 1 aliphatic heterocycles. The number of likely N-dealkylation sites (tertiary alicyclic amines) is 1. The zero-order valence-corrected chi connectivity index (χ0v) is 15.5. The van der Waals surface area contributed by atoms with Gasteiger partial charge in [-0.05, 0) is 25.3 Å². The lowest BCUT2D eigenvalue weighted by molar-refractivity contribution is -0.143. The lowest BCUT2D eigenvalue weighted by Crippen LogP contribution is -2.46. The molecule has 25 heavy (non-hydrogen) atoms. The molecule has 132 valence electrons. The number of carbonyl (C=O) groups excluding carboxylic acids is 2. The molecule has 0 bridgehead atoms. The molecule has 0 N–H and O–H groups in total. The maximum Gasteiger partial charge on any atom is 0.245 e. The molecule has 6 heteroatoms. The topological polar surface area (TPSA) is 53.5 Å². The van der Waals surface area contributed by atoms with Crippen molar-refractivity contribution in [3.8, 4) is 0 Å². The molecule has 1 aliphatic rings. The highest BCUT2D eigenvalue weighted by Crippen LogP contribution is 2.21. The third-order valence-corrected chi connectivity index (χ3v) is 5.32. The summed E-state index contributed by atoms with van der Waals surface area (Å²) in [5, 5.41) is 2.97. The standard InChI is InChI=1S/C19H23N3O2S/c1-14-20-16(13-25-14)12-21(2)19(24)17-9-6-10-22(17)18(23)11-15-7-4-3-5-8-15/h3-5,7-8,13,17H,6,9-12H2,1-2H3. The van der Waals surface area contributed by atoms with E-state index in [1.807, 2.05) is 42.6 Å². The first-order chi connectivity index (χ1) is 12.0. The number of amides is 2. The van der Waals surface area contributed by atoms with Crippen molar-refractivity contribution in [3.63, 3.8) is 0 Å². The minimum atomic E-state index is -0.346. The largest absolute Gasteiger partial charge is 0.338 e. The van der Waals surface area contributed by atoms with Gasteiger partial charge in [0.15, 0.2) is 0 Å². The van der Waals surface area contributed by atoms with E-state index in [-0.39, 0.29) is 17.9 Å². The fourth-order valence-electron chi connectivity index (χ4n) is 3.25. The Bertz CT molecular complexity index is 744. The molecule has 1 aromatic heterocycles. The molecule has 2 heterocycles. The minimum absolute atomic E-state index is 0.00423. The summed E-state index contributed by atoms with van der Waals surface area (Å²) in [7, 11) is 1.79. The Kier molecular flexibility index (Phi) is 5.48.